The van der Waals surface area contributed by atoms with Gasteiger partial charge in [0.25, 0.3) is 0 Å². The molecule has 0 bridgehead atoms. The summed E-state index contributed by atoms with van der Waals surface area (Å²) in [7, 11) is 0. The lowest BCUT2D eigenvalue weighted by Gasteiger charge is -2.23. The van der Waals surface area contributed by atoms with Crippen LogP contribution in [0, 0.1) is 23.7 Å². The predicted octanol–water partition coefficient (Wildman–Crippen LogP) is 1.06. The van der Waals surface area contributed by atoms with Crippen LogP contribution >= 0.6 is 0 Å². The minimum atomic E-state index is -1.12. The van der Waals surface area contributed by atoms with E-state index in [0.29, 0.717) is 25.7 Å². The lowest BCUT2D eigenvalue weighted by Crippen LogP contribution is -2.31. The Morgan fingerprint density at radius 1 is 0.810 bits per heavy atom. The van der Waals surface area contributed by atoms with Crippen LogP contribution in [-0.4, -0.2) is 34.1 Å². The molecule has 2 rings (SSSR count). The van der Waals surface area contributed by atoms with E-state index in [4.69, 9.17) is 0 Å². The van der Waals surface area contributed by atoms with Crippen molar-refractivity contribution < 1.29 is 34.1 Å². The summed E-state index contributed by atoms with van der Waals surface area (Å²) in [5.74, 6) is -6.23. The molecular weight excluding hydrogens is 280 g/mol. The molecule has 7 nitrogen and oxygen atoms in total. The van der Waals surface area contributed by atoms with Crippen molar-refractivity contribution in [1.29, 1.82) is 0 Å². The Labute approximate surface area is 121 Å². The SMILES string of the molecule is O=C(O)C1CCCC2C(=O)OC(=O)C2CCCC1C(=O)O. The molecule has 1 saturated heterocycles. The van der Waals surface area contributed by atoms with E-state index in [9.17, 15) is 29.4 Å². The van der Waals surface area contributed by atoms with Crippen LogP contribution in [0.4, 0.5) is 0 Å². The number of hydrogen-bond donors (Lipinski definition) is 2. The van der Waals surface area contributed by atoms with Gasteiger partial charge in [-0.2, -0.15) is 0 Å². The van der Waals surface area contributed by atoms with Crippen LogP contribution in [0.15, 0.2) is 0 Å². The van der Waals surface area contributed by atoms with Gasteiger partial charge >= 0.3 is 23.9 Å². The number of aliphatic carboxylic acids is 2. The van der Waals surface area contributed by atoms with Gasteiger partial charge in [-0.15, -0.1) is 0 Å². The van der Waals surface area contributed by atoms with Crippen LogP contribution in [-0.2, 0) is 23.9 Å². The molecule has 116 valence electrons. The van der Waals surface area contributed by atoms with Gasteiger partial charge in [-0.25, -0.2) is 0 Å². The van der Waals surface area contributed by atoms with E-state index in [0.717, 1.165) is 0 Å². The molecule has 2 N–H and O–H groups in total. The summed E-state index contributed by atoms with van der Waals surface area (Å²) >= 11 is 0. The maximum Gasteiger partial charge on any atom is 0.317 e. The topological polar surface area (TPSA) is 118 Å². The average molecular weight is 298 g/mol. The largest absolute Gasteiger partial charge is 0.481 e. The van der Waals surface area contributed by atoms with Crippen molar-refractivity contribution in [2.24, 2.45) is 23.7 Å². The molecule has 0 radical (unpaired) electrons. The molecule has 0 spiro atoms. The summed E-state index contributed by atoms with van der Waals surface area (Å²) in [5, 5.41) is 18.4. The van der Waals surface area contributed by atoms with E-state index >= 15 is 0 Å². The van der Waals surface area contributed by atoms with Crippen LogP contribution < -0.4 is 0 Å². The first-order valence-corrected chi connectivity index (χ1v) is 7.13. The third-order valence-electron chi connectivity index (χ3n) is 4.47. The van der Waals surface area contributed by atoms with Gasteiger partial charge in [-0.1, -0.05) is 12.8 Å². The summed E-state index contributed by atoms with van der Waals surface area (Å²) in [5.41, 5.74) is 0. The van der Waals surface area contributed by atoms with E-state index in [2.05, 4.69) is 4.74 Å². The third-order valence-corrected chi connectivity index (χ3v) is 4.47. The zero-order valence-electron chi connectivity index (χ0n) is 11.5. The Hall–Kier alpha value is -1.92. The van der Waals surface area contributed by atoms with Gasteiger partial charge in [0.1, 0.15) is 0 Å². The number of esters is 2. The first kappa shape index (κ1) is 15.5. The molecule has 1 aliphatic carbocycles. The van der Waals surface area contributed by atoms with Gasteiger partial charge in [0.15, 0.2) is 0 Å². The molecule has 0 aromatic heterocycles. The molecule has 7 heteroatoms. The zero-order valence-corrected chi connectivity index (χ0v) is 11.5. The molecule has 1 heterocycles. The second-order valence-electron chi connectivity index (χ2n) is 5.70. The lowest BCUT2D eigenvalue weighted by molar-refractivity contribution is -0.154. The summed E-state index contributed by atoms with van der Waals surface area (Å²) in [4.78, 5) is 45.8. The smallest absolute Gasteiger partial charge is 0.317 e. The molecule has 2 fully saturated rings. The highest BCUT2D eigenvalue weighted by molar-refractivity contribution is 5.96. The molecule has 2 aliphatic rings. The number of carbonyl (C=O) groups excluding carboxylic acids is 2. The molecule has 21 heavy (non-hydrogen) atoms. The summed E-state index contributed by atoms with van der Waals surface area (Å²) in [6.45, 7) is 0. The van der Waals surface area contributed by atoms with Gasteiger partial charge in [0, 0.05) is 0 Å². The van der Waals surface area contributed by atoms with E-state index in [1.54, 1.807) is 0 Å². The third kappa shape index (κ3) is 3.22. The van der Waals surface area contributed by atoms with E-state index in [1.807, 2.05) is 0 Å². The van der Waals surface area contributed by atoms with Crippen molar-refractivity contribution in [1.82, 2.24) is 0 Å². The average Bonchev–Trinajstić information content (AvgIpc) is 2.67. The highest BCUT2D eigenvalue weighted by Crippen LogP contribution is 2.36. The van der Waals surface area contributed by atoms with Crippen molar-refractivity contribution in [2.75, 3.05) is 0 Å². The molecule has 1 aliphatic heterocycles. The number of rotatable bonds is 2. The van der Waals surface area contributed by atoms with Gasteiger partial charge in [0.2, 0.25) is 0 Å². The van der Waals surface area contributed by atoms with Crippen LogP contribution in [0.1, 0.15) is 38.5 Å². The lowest BCUT2D eigenvalue weighted by atomic mass is 9.78. The maximum atomic E-state index is 11.6. The second-order valence-corrected chi connectivity index (χ2v) is 5.70. The fourth-order valence-electron chi connectivity index (χ4n) is 3.33. The predicted molar refractivity (Wildman–Crippen MR) is 68.0 cm³/mol. The molecule has 0 aromatic carbocycles. The van der Waals surface area contributed by atoms with E-state index in [-0.39, 0.29) is 12.8 Å². The van der Waals surface area contributed by atoms with Crippen LogP contribution in [0.3, 0.4) is 0 Å². The van der Waals surface area contributed by atoms with Gasteiger partial charge in [0.05, 0.1) is 23.7 Å². The monoisotopic (exact) mass is 298 g/mol. The number of carboxylic acid groups (broad SMARTS) is 2. The molecule has 4 atom stereocenters. The molecule has 0 amide bonds. The van der Waals surface area contributed by atoms with Gasteiger partial charge in [-0.05, 0) is 25.7 Å². The Kier molecular flexibility index (Phi) is 4.59. The van der Waals surface area contributed by atoms with E-state index < -0.39 is 47.5 Å². The van der Waals surface area contributed by atoms with Crippen LogP contribution in [0.2, 0.25) is 0 Å². The quantitative estimate of drug-likeness (QED) is 0.578. The Bertz CT molecular complexity index is 428. The second kappa shape index (κ2) is 6.24. The summed E-state index contributed by atoms with van der Waals surface area (Å²) < 4.78 is 4.64. The molecular formula is C14H18O7. The van der Waals surface area contributed by atoms with Crippen molar-refractivity contribution >= 4 is 23.9 Å². The Morgan fingerprint density at radius 3 is 1.52 bits per heavy atom. The minimum Gasteiger partial charge on any atom is -0.481 e. The van der Waals surface area contributed by atoms with Crippen molar-refractivity contribution in [3.8, 4) is 0 Å². The summed E-state index contributed by atoms with van der Waals surface area (Å²) in [6.07, 6.45) is 1.90. The number of carbonyl (C=O) groups is 4. The normalized spacial score (nSPS) is 33.9. The number of fused-ring (bicyclic) bond motifs is 1. The number of hydrogen-bond acceptors (Lipinski definition) is 5. The Morgan fingerprint density at radius 2 is 1.19 bits per heavy atom. The first-order valence-electron chi connectivity index (χ1n) is 7.13. The Balaban J connectivity index is 2.14. The van der Waals surface area contributed by atoms with Crippen molar-refractivity contribution in [2.45, 2.75) is 38.5 Å². The zero-order chi connectivity index (χ0) is 15.6. The maximum absolute atomic E-state index is 11.6. The van der Waals surface area contributed by atoms with E-state index in [1.165, 1.54) is 0 Å². The van der Waals surface area contributed by atoms with Crippen LogP contribution in [0.25, 0.3) is 0 Å². The minimum absolute atomic E-state index is 0.191. The highest BCUT2D eigenvalue weighted by atomic mass is 16.6. The molecule has 1 saturated carbocycles. The van der Waals surface area contributed by atoms with Gasteiger partial charge in [-0.3, -0.25) is 19.2 Å². The number of ether oxygens (including phenoxy) is 1. The fourth-order valence-corrected chi connectivity index (χ4v) is 3.33. The fraction of sp³-hybridized carbons (Fsp3) is 0.714. The summed E-state index contributed by atoms with van der Waals surface area (Å²) in [6, 6.07) is 0. The standard InChI is InChI=1S/C14H18O7/c15-11(16)7-3-1-5-9-10(14(20)21-13(9)19)6-2-4-8(7)12(17)18/h7-10H,1-6H2,(H,15,16)(H,17,18). The molecule has 4 unspecified atom stereocenters. The van der Waals surface area contributed by atoms with Crippen LogP contribution in [0.5, 0.6) is 0 Å². The van der Waals surface area contributed by atoms with Gasteiger partial charge < -0.3 is 14.9 Å². The first-order chi connectivity index (χ1) is 9.91. The number of carboxylic acids is 2. The van der Waals surface area contributed by atoms with Crippen molar-refractivity contribution in [3.05, 3.63) is 0 Å². The highest BCUT2D eigenvalue weighted by Gasteiger charge is 2.44. The van der Waals surface area contributed by atoms with Crippen molar-refractivity contribution in [3.63, 3.8) is 0 Å². The molecule has 0 aromatic rings. The number of cyclic esters (lactones) is 2.